The monoisotopic (exact) mass is 684 g/mol. The third-order valence-electron chi connectivity index (χ3n) is 4.49. The van der Waals surface area contributed by atoms with E-state index >= 15 is 0 Å². The second-order valence-corrected chi connectivity index (χ2v) is 8.02. The number of alkyl halides is 25. The maximum absolute atomic E-state index is 13.5. The molecule has 1 unspecified atom stereocenters. The number of hydrogen-bond donors (Lipinski definition) is 1. The summed E-state index contributed by atoms with van der Waals surface area (Å²) >= 11 is -5.89. The van der Waals surface area contributed by atoms with Crippen LogP contribution in [-0.2, 0) is 11.1 Å². The highest BCUT2D eigenvalue weighted by molar-refractivity contribution is 7.80. The van der Waals surface area contributed by atoms with Crippen molar-refractivity contribution in [2.75, 3.05) is 0 Å². The summed E-state index contributed by atoms with van der Waals surface area (Å²) in [5.41, 5.74) is 0. The van der Waals surface area contributed by atoms with Crippen LogP contribution >= 0.6 is 0 Å². The summed E-state index contributed by atoms with van der Waals surface area (Å²) in [6.45, 7) is 0. The molecule has 0 saturated heterocycles. The first-order valence-corrected chi connectivity index (χ1v) is 9.13. The van der Waals surface area contributed by atoms with Crippen molar-refractivity contribution in [1.82, 2.24) is 0 Å². The van der Waals surface area contributed by atoms with E-state index in [-0.39, 0.29) is 0 Å². The molecule has 0 aromatic heterocycles. The van der Waals surface area contributed by atoms with E-state index < -0.39 is 81.7 Å². The Morgan fingerprint density at radius 2 is 0.450 bits per heavy atom. The Kier molecular flexibility index (Phi) is 8.80. The first-order valence-electron chi connectivity index (χ1n) is 8.03. The smallest absolute Gasteiger partial charge is 0.301 e. The first-order chi connectivity index (χ1) is 16.7. The zero-order valence-corrected chi connectivity index (χ0v) is 17.5. The predicted octanol–water partition coefficient (Wildman–Crippen LogP) is 7.72. The lowest BCUT2D eigenvalue weighted by molar-refractivity contribution is -0.480. The van der Waals surface area contributed by atoms with Gasteiger partial charge in [-0.2, -0.15) is 110 Å². The Balaban J connectivity index is 7.37. The van der Waals surface area contributed by atoms with Crippen molar-refractivity contribution < 1.29 is 119 Å². The van der Waals surface area contributed by atoms with Crippen molar-refractivity contribution in [3.63, 3.8) is 0 Å². The van der Waals surface area contributed by atoms with Crippen LogP contribution in [0.3, 0.4) is 0 Å². The van der Waals surface area contributed by atoms with Gasteiger partial charge in [0.05, 0.1) is 0 Å². The lowest BCUT2D eigenvalue weighted by atomic mass is 9.85. The van der Waals surface area contributed by atoms with Gasteiger partial charge in [0.15, 0.2) is 0 Å². The molecule has 242 valence electrons. The van der Waals surface area contributed by atoms with Crippen LogP contribution in [0.25, 0.3) is 0 Å². The number of hydrogen-bond acceptors (Lipinski definition) is 1. The van der Waals surface area contributed by atoms with Gasteiger partial charge in [-0.1, -0.05) is 0 Å². The predicted molar refractivity (Wildman–Crippen MR) is 71.2 cm³/mol. The lowest BCUT2D eigenvalue weighted by Gasteiger charge is -2.45. The van der Waals surface area contributed by atoms with Gasteiger partial charge >= 0.3 is 70.7 Å². The van der Waals surface area contributed by atoms with Crippen LogP contribution in [-0.4, -0.2) is 79.4 Å². The number of halogens is 25. The van der Waals surface area contributed by atoms with Crippen molar-refractivity contribution in [1.29, 1.82) is 0 Å². The largest absolute Gasteiger partial charge is 0.460 e. The molecular formula is C12HF25O2S. The summed E-state index contributed by atoms with van der Waals surface area (Å²) in [5, 5.41) is -7.66. The average molecular weight is 684 g/mol. The molecule has 0 aromatic rings. The molecule has 0 rings (SSSR count). The minimum Gasteiger partial charge on any atom is -0.301 e. The molecule has 0 spiro atoms. The van der Waals surface area contributed by atoms with Gasteiger partial charge in [-0.15, -0.1) is 0 Å². The first kappa shape index (κ1) is 38.4. The van der Waals surface area contributed by atoms with Crippen molar-refractivity contribution >= 4 is 11.1 Å². The van der Waals surface area contributed by atoms with Crippen molar-refractivity contribution in [2.45, 2.75) is 70.7 Å². The zero-order valence-electron chi connectivity index (χ0n) is 16.7. The van der Waals surface area contributed by atoms with Gasteiger partial charge in [-0.3, -0.25) is 0 Å². The average Bonchev–Trinajstić information content (AvgIpc) is 2.71. The Labute approximate surface area is 201 Å². The van der Waals surface area contributed by atoms with E-state index in [9.17, 15) is 114 Å². The Morgan fingerprint density at radius 1 is 0.300 bits per heavy atom. The minimum absolute atomic E-state index is 5.89. The van der Waals surface area contributed by atoms with Gasteiger partial charge in [0.1, 0.15) is 0 Å². The molecule has 0 aliphatic heterocycles. The van der Waals surface area contributed by atoms with Crippen LogP contribution < -0.4 is 0 Å². The zero-order chi connectivity index (χ0) is 33.6. The molecule has 0 fully saturated rings. The molecule has 0 bridgehead atoms. The molecule has 0 aliphatic carbocycles. The quantitative estimate of drug-likeness (QED) is 0.179. The van der Waals surface area contributed by atoms with Crippen molar-refractivity contribution in [3.05, 3.63) is 0 Å². The molecule has 0 aromatic carbocycles. The number of rotatable bonds is 11. The molecule has 28 heteroatoms. The molecule has 0 aliphatic rings. The van der Waals surface area contributed by atoms with E-state index in [1.165, 1.54) is 0 Å². The van der Waals surface area contributed by atoms with Crippen LogP contribution in [0.1, 0.15) is 0 Å². The van der Waals surface area contributed by atoms with Crippen LogP contribution in [0, 0.1) is 0 Å². The Morgan fingerprint density at radius 3 is 0.600 bits per heavy atom. The van der Waals surface area contributed by atoms with Crippen molar-refractivity contribution in [2.24, 2.45) is 0 Å². The molecule has 1 N–H and O–H groups in total. The van der Waals surface area contributed by atoms with E-state index in [2.05, 4.69) is 0 Å². The summed E-state index contributed by atoms with van der Waals surface area (Å²) in [6.07, 6.45) is -8.20. The van der Waals surface area contributed by atoms with Gasteiger partial charge in [-0.05, 0) is 0 Å². The minimum atomic E-state index is -9.67. The summed E-state index contributed by atoms with van der Waals surface area (Å²) in [6, 6.07) is 0. The Bertz CT molecular complexity index is 975. The van der Waals surface area contributed by atoms with E-state index in [0.717, 1.165) is 0 Å². The molecular weight excluding hydrogens is 683 g/mol. The van der Waals surface area contributed by atoms with E-state index in [1.54, 1.807) is 0 Å². The highest BCUT2D eigenvalue weighted by atomic mass is 32.2. The molecule has 1 atom stereocenters. The van der Waals surface area contributed by atoms with Crippen LogP contribution in [0.2, 0.25) is 0 Å². The fourth-order valence-electron chi connectivity index (χ4n) is 2.05. The van der Waals surface area contributed by atoms with Gasteiger partial charge in [0.2, 0.25) is 11.1 Å². The maximum atomic E-state index is 13.5. The molecule has 40 heavy (non-hydrogen) atoms. The van der Waals surface area contributed by atoms with Crippen LogP contribution in [0.5, 0.6) is 0 Å². The fraction of sp³-hybridized carbons (Fsp3) is 1.00. The van der Waals surface area contributed by atoms with E-state index in [0.29, 0.717) is 0 Å². The molecule has 0 heterocycles. The fourth-order valence-corrected chi connectivity index (χ4v) is 2.40. The second kappa shape index (κ2) is 9.18. The molecule has 2 nitrogen and oxygen atoms in total. The topological polar surface area (TPSA) is 37.3 Å². The molecule has 0 radical (unpaired) electrons. The normalized spacial score (nSPS) is 17.8. The van der Waals surface area contributed by atoms with Crippen LogP contribution in [0.15, 0.2) is 0 Å². The summed E-state index contributed by atoms with van der Waals surface area (Å²) in [5.74, 6) is -92.8. The van der Waals surface area contributed by atoms with Gasteiger partial charge in [0.25, 0.3) is 0 Å². The van der Waals surface area contributed by atoms with E-state index in [1.807, 2.05) is 0 Å². The standard InChI is InChI=1S/C12HF25O2S/c13-1(14,3(17,18)5(21,22)7(25,26)9(29,30)11(33,34)35)2(15,16)4(19,20)6(23,24)8(27,28)10(31,32)12(36,37)40(38)39/h(H,38,39). The van der Waals surface area contributed by atoms with Gasteiger partial charge in [-0.25, -0.2) is 4.21 Å². The van der Waals surface area contributed by atoms with Gasteiger partial charge < -0.3 is 4.55 Å². The molecule has 0 amide bonds. The third kappa shape index (κ3) is 4.26. The highest BCUT2D eigenvalue weighted by Crippen LogP contribution is 2.67. The third-order valence-corrected chi connectivity index (χ3v) is 5.18. The SMILES string of the molecule is O=S(O)C(F)(F)C(F)(F)C(F)(F)C(F)(F)C(F)(F)C(F)(F)C(F)(F)C(F)(F)C(F)(F)C(F)(F)C(F)(F)C(F)(F)F. The summed E-state index contributed by atoms with van der Waals surface area (Å²) in [4.78, 5) is 0. The van der Waals surface area contributed by atoms with Crippen molar-refractivity contribution in [3.8, 4) is 0 Å². The lowest BCUT2D eigenvalue weighted by Crippen LogP contribution is -2.78. The summed E-state index contributed by atoms with van der Waals surface area (Å²) in [7, 11) is 0. The Hall–Kier alpha value is -1.64. The van der Waals surface area contributed by atoms with E-state index in [4.69, 9.17) is 4.55 Å². The van der Waals surface area contributed by atoms with Crippen LogP contribution in [0.4, 0.5) is 110 Å². The summed E-state index contributed by atoms with van der Waals surface area (Å²) < 4.78 is 344. The highest BCUT2D eigenvalue weighted by Gasteiger charge is 2.99. The molecule has 0 saturated carbocycles. The maximum Gasteiger partial charge on any atom is 0.460 e. The van der Waals surface area contributed by atoms with Gasteiger partial charge in [0, 0.05) is 0 Å². The second-order valence-electron chi connectivity index (χ2n) is 7.01.